The lowest BCUT2D eigenvalue weighted by Gasteiger charge is -2.13. The maximum absolute atomic E-state index is 9.75. The maximum atomic E-state index is 9.75. The molecule has 71 heavy (non-hydrogen) atoms. The fraction of sp³-hybridized carbons (Fsp3) is 0.696. The SMILES string of the molecule is CCCC=C1C(C)=C(c2ccccc2CCCC=CCCCCCCCCCCCCCCCCCCC)[N+]([NH-])=C1c1ccccc1CCCC=CCCCCCCCCCCCCCCCCCCC. The third-order valence-corrected chi connectivity index (χ3v) is 15.6. The molecule has 2 heteroatoms. The first-order valence-corrected chi connectivity index (χ1v) is 31.4. The smallest absolute Gasteiger partial charge is 0.216 e. The average Bonchev–Trinajstić information content (AvgIpc) is 3.63. The third-order valence-electron chi connectivity index (χ3n) is 15.6. The van der Waals surface area contributed by atoms with Crippen molar-refractivity contribution in [1.29, 1.82) is 0 Å². The molecular formula is C69H114N2. The maximum Gasteiger partial charge on any atom is 0.216 e. The predicted octanol–water partition coefficient (Wildman–Crippen LogP) is 23.5. The van der Waals surface area contributed by atoms with Crippen LogP contribution < -0.4 is 0 Å². The van der Waals surface area contributed by atoms with E-state index in [9.17, 15) is 5.84 Å². The number of benzene rings is 2. The summed E-state index contributed by atoms with van der Waals surface area (Å²) in [5.74, 6) is 9.75. The number of nitrogens with zero attached hydrogens (tertiary/aromatic N) is 1. The zero-order chi connectivity index (χ0) is 50.5. The highest BCUT2D eigenvalue weighted by atomic mass is 15.3. The monoisotopic (exact) mass is 971 g/mol. The summed E-state index contributed by atoms with van der Waals surface area (Å²) < 4.78 is 1.80. The summed E-state index contributed by atoms with van der Waals surface area (Å²) in [6, 6.07) is 17.9. The van der Waals surface area contributed by atoms with Crippen molar-refractivity contribution in [1.82, 2.24) is 0 Å². The van der Waals surface area contributed by atoms with Crippen molar-refractivity contribution in [2.24, 2.45) is 0 Å². The highest BCUT2D eigenvalue weighted by molar-refractivity contribution is 6.17. The van der Waals surface area contributed by atoms with Crippen LogP contribution >= 0.6 is 0 Å². The molecule has 0 radical (unpaired) electrons. The number of allylic oxidation sites excluding steroid dienone is 7. The standard InChI is InChI=1S/C69H114N2/c1-5-8-11-13-15-17-19-21-23-25-27-29-31-33-35-37-39-41-43-45-47-49-55-63-57-51-53-60-66(63)68-62(4)65(59-10-7-3)69(71(68)70)67-61-54-52-58-64(67)56-50-48-46-44-42-40-38-36-34-32-30-28-26-24-22-20-18-16-14-12-9-6-2/h43-46,51-54,57-61,70H,5-42,47-50,55-56H2,1-4H3. The van der Waals surface area contributed by atoms with E-state index in [-0.39, 0.29) is 0 Å². The Morgan fingerprint density at radius 1 is 0.352 bits per heavy atom. The summed E-state index contributed by atoms with van der Waals surface area (Å²) in [5.41, 5.74) is 9.82. The Morgan fingerprint density at radius 3 is 1.03 bits per heavy atom. The molecule has 0 spiro atoms. The van der Waals surface area contributed by atoms with Crippen LogP contribution in [0.1, 0.15) is 320 Å². The van der Waals surface area contributed by atoms with Gasteiger partial charge >= 0.3 is 0 Å². The van der Waals surface area contributed by atoms with E-state index in [1.54, 1.807) is 4.68 Å². The van der Waals surface area contributed by atoms with E-state index in [1.807, 2.05) is 0 Å². The second-order valence-electron chi connectivity index (χ2n) is 22.0. The summed E-state index contributed by atoms with van der Waals surface area (Å²) >= 11 is 0. The summed E-state index contributed by atoms with van der Waals surface area (Å²) in [6.45, 7) is 9.14. The van der Waals surface area contributed by atoms with Gasteiger partial charge in [0.25, 0.3) is 0 Å². The van der Waals surface area contributed by atoms with Gasteiger partial charge in [-0.2, -0.15) is 0 Å². The molecule has 3 rings (SSSR count). The number of aryl methyl sites for hydroxylation is 2. The van der Waals surface area contributed by atoms with Gasteiger partial charge in [0.15, 0.2) is 0 Å². The lowest BCUT2D eigenvalue weighted by molar-refractivity contribution is -0.347. The van der Waals surface area contributed by atoms with Gasteiger partial charge in [-0.25, -0.2) is 4.68 Å². The van der Waals surface area contributed by atoms with Crippen molar-refractivity contribution in [2.75, 3.05) is 0 Å². The van der Waals surface area contributed by atoms with Crippen LogP contribution in [0.5, 0.6) is 0 Å². The van der Waals surface area contributed by atoms with Crippen molar-refractivity contribution < 1.29 is 4.68 Å². The van der Waals surface area contributed by atoms with Crippen molar-refractivity contribution in [2.45, 2.75) is 310 Å². The minimum atomic E-state index is 1.02. The summed E-state index contributed by atoms with van der Waals surface area (Å²) in [5, 5.41) is 0. The van der Waals surface area contributed by atoms with Crippen LogP contribution in [0.25, 0.3) is 11.5 Å². The Morgan fingerprint density at radius 2 is 0.662 bits per heavy atom. The number of hydrogen-bond acceptors (Lipinski definition) is 0. The molecule has 1 aliphatic heterocycles. The molecule has 0 unspecified atom stereocenters. The van der Waals surface area contributed by atoms with Gasteiger partial charge in [0.2, 0.25) is 11.4 Å². The number of rotatable bonds is 48. The molecule has 2 aromatic rings. The molecule has 2 nitrogen and oxygen atoms in total. The van der Waals surface area contributed by atoms with Crippen molar-refractivity contribution in [3.8, 4) is 0 Å². The molecule has 0 atom stereocenters. The van der Waals surface area contributed by atoms with E-state index >= 15 is 0 Å². The molecule has 0 aromatic heterocycles. The van der Waals surface area contributed by atoms with Crippen LogP contribution in [0.15, 0.2) is 90.1 Å². The number of unbranched alkanes of at least 4 members (excludes halogenated alkanes) is 37. The fourth-order valence-electron chi connectivity index (χ4n) is 11.0. The van der Waals surface area contributed by atoms with Crippen molar-refractivity contribution in [3.63, 3.8) is 0 Å². The quantitative estimate of drug-likeness (QED) is 0.0359. The minimum Gasteiger partial charge on any atom is -0.448 e. The number of hydrogen-bond donors (Lipinski definition) is 0. The summed E-state index contributed by atoms with van der Waals surface area (Å²) in [4.78, 5) is 0. The van der Waals surface area contributed by atoms with Gasteiger partial charge in [-0.3, -0.25) is 0 Å². The topological polar surface area (TPSA) is 26.8 Å². The normalized spacial score (nSPS) is 13.7. The predicted molar refractivity (Wildman–Crippen MR) is 319 cm³/mol. The van der Waals surface area contributed by atoms with Gasteiger partial charge in [-0.15, -0.1) is 0 Å². The molecule has 1 heterocycles. The Hall–Kier alpha value is -3.13. The van der Waals surface area contributed by atoms with Crippen LogP contribution in [-0.2, 0) is 12.8 Å². The highest BCUT2D eigenvalue weighted by Crippen LogP contribution is 2.37. The van der Waals surface area contributed by atoms with Crippen LogP contribution in [-0.4, -0.2) is 10.4 Å². The summed E-state index contributed by atoms with van der Waals surface area (Å²) in [6.07, 6.45) is 72.0. The Kier molecular flexibility index (Phi) is 38.8. The first-order valence-electron chi connectivity index (χ1n) is 31.4. The fourth-order valence-corrected chi connectivity index (χ4v) is 11.0. The van der Waals surface area contributed by atoms with E-state index in [4.69, 9.17) is 0 Å². The third kappa shape index (κ3) is 28.8. The van der Waals surface area contributed by atoms with Gasteiger partial charge in [0.1, 0.15) is 0 Å². The molecule has 0 saturated heterocycles. The first kappa shape index (κ1) is 62.2. The van der Waals surface area contributed by atoms with Crippen LogP contribution in [0.4, 0.5) is 0 Å². The van der Waals surface area contributed by atoms with Crippen molar-refractivity contribution >= 4 is 11.4 Å². The van der Waals surface area contributed by atoms with Crippen LogP contribution in [0, 0.1) is 0 Å². The zero-order valence-electron chi connectivity index (χ0n) is 47.6. The molecule has 0 bridgehead atoms. The lowest BCUT2D eigenvalue weighted by Crippen LogP contribution is -2.14. The van der Waals surface area contributed by atoms with Gasteiger partial charge < -0.3 is 5.84 Å². The van der Waals surface area contributed by atoms with Crippen LogP contribution in [0.3, 0.4) is 0 Å². The van der Waals surface area contributed by atoms with Gasteiger partial charge in [0, 0.05) is 16.7 Å². The molecule has 1 N–H and O–H groups in total. The minimum absolute atomic E-state index is 1.02. The number of nitrogens with one attached hydrogen (secondary N) is 1. The molecule has 400 valence electrons. The van der Waals surface area contributed by atoms with E-state index < -0.39 is 0 Å². The molecule has 0 fully saturated rings. The lowest BCUT2D eigenvalue weighted by atomic mass is 9.91. The van der Waals surface area contributed by atoms with Gasteiger partial charge in [-0.05, 0) is 101 Å². The Bertz CT molecular complexity index is 1730. The van der Waals surface area contributed by atoms with Crippen LogP contribution in [0.2, 0.25) is 0 Å². The van der Waals surface area contributed by atoms with Crippen molar-refractivity contribution in [3.05, 3.63) is 118 Å². The van der Waals surface area contributed by atoms with E-state index in [0.29, 0.717) is 0 Å². The first-order chi connectivity index (χ1) is 35.1. The summed E-state index contributed by atoms with van der Waals surface area (Å²) in [7, 11) is 0. The second kappa shape index (κ2) is 44.4. The van der Waals surface area contributed by atoms with E-state index in [2.05, 4.69) is 107 Å². The second-order valence-corrected chi connectivity index (χ2v) is 22.0. The molecule has 2 aromatic carbocycles. The largest absolute Gasteiger partial charge is 0.448 e. The highest BCUT2D eigenvalue weighted by Gasteiger charge is 2.34. The molecular weight excluding hydrogens is 857 g/mol. The van der Waals surface area contributed by atoms with E-state index in [1.165, 1.54) is 265 Å². The zero-order valence-corrected chi connectivity index (χ0v) is 47.6. The Balaban J connectivity index is 1.34. The molecule has 0 aliphatic carbocycles. The Labute approximate surface area is 442 Å². The average molecular weight is 972 g/mol. The van der Waals surface area contributed by atoms with Gasteiger partial charge in [-0.1, -0.05) is 299 Å². The molecule has 0 amide bonds. The molecule has 1 aliphatic rings. The van der Waals surface area contributed by atoms with Gasteiger partial charge in [0.05, 0.1) is 5.57 Å². The van der Waals surface area contributed by atoms with E-state index in [0.717, 1.165) is 62.8 Å². The molecule has 0 saturated carbocycles.